The standard InChI is InChI=1S/C15H23N3/c1-2-3-4-5-9-14-10-6-7-13-18(14)15-16-11-8-12-17-15/h8-9,11-12H,2-7,10,13H2,1H3. The van der Waals surface area contributed by atoms with Crippen LogP contribution in [0.25, 0.3) is 0 Å². The van der Waals surface area contributed by atoms with Crippen LogP contribution in [-0.4, -0.2) is 16.5 Å². The second-order valence-electron chi connectivity index (χ2n) is 4.85. The SMILES string of the molecule is CCCCCC=C1CCCCN1c1ncccn1. The number of rotatable bonds is 5. The third-order valence-electron chi connectivity index (χ3n) is 3.39. The van der Waals surface area contributed by atoms with Crippen molar-refractivity contribution in [2.75, 3.05) is 11.4 Å². The second kappa shape index (κ2) is 7.14. The minimum atomic E-state index is 0.860. The number of hydrogen-bond donors (Lipinski definition) is 0. The molecule has 0 aliphatic carbocycles. The summed E-state index contributed by atoms with van der Waals surface area (Å²) in [4.78, 5) is 11.0. The molecule has 1 aromatic rings. The molecule has 0 N–H and O–H groups in total. The van der Waals surface area contributed by atoms with Crippen molar-refractivity contribution in [3.8, 4) is 0 Å². The summed E-state index contributed by atoms with van der Waals surface area (Å²) in [5.41, 5.74) is 1.42. The first-order valence-electron chi connectivity index (χ1n) is 7.15. The minimum Gasteiger partial charge on any atom is -0.315 e. The van der Waals surface area contributed by atoms with E-state index in [1.165, 1.54) is 50.6 Å². The summed E-state index contributed by atoms with van der Waals surface area (Å²) in [5.74, 6) is 0.860. The van der Waals surface area contributed by atoms with Gasteiger partial charge in [-0.15, -0.1) is 0 Å². The molecule has 1 aromatic heterocycles. The molecule has 1 aliphatic rings. The lowest BCUT2D eigenvalue weighted by atomic mass is 10.1. The second-order valence-corrected chi connectivity index (χ2v) is 4.85. The van der Waals surface area contributed by atoms with Gasteiger partial charge in [0.05, 0.1) is 0 Å². The van der Waals surface area contributed by atoms with Gasteiger partial charge < -0.3 is 4.90 Å². The van der Waals surface area contributed by atoms with Crippen LogP contribution in [-0.2, 0) is 0 Å². The van der Waals surface area contributed by atoms with Crippen molar-refractivity contribution in [3.63, 3.8) is 0 Å². The molecule has 0 aromatic carbocycles. The maximum atomic E-state index is 4.37. The quantitative estimate of drug-likeness (QED) is 0.736. The molecule has 1 aliphatic heterocycles. The van der Waals surface area contributed by atoms with Crippen molar-refractivity contribution in [3.05, 3.63) is 30.2 Å². The van der Waals surface area contributed by atoms with Crippen molar-refractivity contribution in [1.29, 1.82) is 0 Å². The maximum Gasteiger partial charge on any atom is 0.229 e. The summed E-state index contributed by atoms with van der Waals surface area (Å²) in [5, 5.41) is 0. The van der Waals surface area contributed by atoms with E-state index in [0.29, 0.717) is 0 Å². The van der Waals surface area contributed by atoms with E-state index < -0.39 is 0 Å². The Morgan fingerprint density at radius 2 is 2.06 bits per heavy atom. The predicted octanol–water partition coefficient (Wildman–Crippen LogP) is 3.93. The van der Waals surface area contributed by atoms with E-state index in [-0.39, 0.29) is 0 Å². The fraction of sp³-hybridized carbons (Fsp3) is 0.600. The van der Waals surface area contributed by atoms with E-state index in [1.807, 2.05) is 18.5 Å². The molecule has 0 bridgehead atoms. The Bertz CT molecular complexity index is 373. The zero-order valence-electron chi connectivity index (χ0n) is 11.3. The van der Waals surface area contributed by atoms with Crippen molar-refractivity contribution in [1.82, 2.24) is 9.97 Å². The number of piperidine rings is 1. The molecule has 2 heterocycles. The van der Waals surface area contributed by atoms with E-state index in [4.69, 9.17) is 0 Å². The summed E-state index contributed by atoms with van der Waals surface area (Å²) >= 11 is 0. The summed E-state index contributed by atoms with van der Waals surface area (Å²) < 4.78 is 0. The first kappa shape index (κ1) is 13.1. The van der Waals surface area contributed by atoms with Crippen LogP contribution in [0.15, 0.2) is 30.2 Å². The van der Waals surface area contributed by atoms with Crippen molar-refractivity contribution in [2.45, 2.75) is 51.9 Å². The smallest absolute Gasteiger partial charge is 0.229 e. The zero-order chi connectivity index (χ0) is 12.6. The third-order valence-corrected chi connectivity index (χ3v) is 3.39. The van der Waals surface area contributed by atoms with E-state index in [9.17, 15) is 0 Å². The molecule has 98 valence electrons. The molecule has 2 rings (SSSR count). The highest BCUT2D eigenvalue weighted by Gasteiger charge is 2.17. The van der Waals surface area contributed by atoms with Crippen LogP contribution < -0.4 is 4.90 Å². The van der Waals surface area contributed by atoms with Gasteiger partial charge in [-0.25, -0.2) is 9.97 Å². The Labute approximate surface area is 110 Å². The van der Waals surface area contributed by atoms with Gasteiger partial charge in [0.1, 0.15) is 0 Å². The van der Waals surface area contributed by atoms with Crippen molar-refractivity contribution in [2.24, 2.45) is 0 Å². The molecule has 0 unspecified atom stereocenters. The lowest BCUT2D eigenvalue weighted by Gasteiger charge is -2.29. The average molecular weight is 245 g/mol. The molecular formula is C15H23N3. The highest BCUT2D eigenvalue weighted by atomic mass is 15.3. The molecule has 0 atom stereocenters. The Kier molecular flexibility index (Phi) is 5.18. The molecule has 18 heavy (non-hydrogen) atoms. The van der Waals surface area contributed by atoms with E-state index >= 15 is 0 Å². The zero-order valence-corrected chi connectivity index (χ0v) is 11.3. The summed E-state index contributed by atoms with van der Waals surface area (Å²) in [6, 6.07) is 1.87. The molecule has 0 amide bonds. The van der Waals surface area contributed by atoms with Crippen LogP contribution in [0.2, 0.25) is 0 Å². The predicted molar refractivity (Wildman–Crippen MR) is 75.5 cm³/mol. The van der Waals surface area contributed by atoms with E-state index in [2.05, 4.69) is 27.9 Å². The number of nitrogens with zero attached hydrogens (tertiary/aromatic N) is 3. The molecule has 3 heteroatoms. The molecule has 1 fully saturated rings. The number of hydrogen-bond acceptors (Lipinski definition) is 3. The summed E-state index contributed by atoms with van der Waals surface area (Å²) in [6.07, 6.45) is 14.8. The first-order chi connectivity index (χ1) is 8.92. The van der Waals surface area contributed by atoms with Gasteiger partial charge in [-0.1, -0.05) is 25.8 Å². The Hall–Kier alpha value is -1.38. The maximum absolute atomic E-state index is 4.37. The normalized spacial score (nSPS) is 18.3. The van der Waals surface area contributed by atoms with Gasteiger partial charge in [0.15, 0.2) is 0 Å². The highest BCUT2D eigenvalue weighted by molar-refractivity contribution is 5.40. The Morgan fingerprint density at radius 3 is 2.83 bits per heavy atom. The van der Waals surface area contributed by atoms with Gasteiger partial charge in [-0.05, 0) is 38.2 Å². The summed E-state index contributed by atoms with van der Waals surface area (Å²) in [6.45, 7) is 3.31. The minimum absolute atomic E-state index is 0.860. The van der Waals surface area contributed by atoms with Gasteiger partial charge in [0, 0.05) is 24.6 Å². The molecule has 0 spiro atoms. The van der Waals surface area contributed by atoms with Crippen LogP contribution in [0.4, 0.5) is 5.95 Å². The molecule has 0 saturated carbocycles. The number of anilines is 1. The van der Waals surface area contributed by atoms with Crippen LogP contribution in [0.3, 0.4) is 0 Å². The van der Waals surface area contributed by atoms with E-state index in [1.54, 1.807) is 0 Å². The third kappa shape index (κ3) is 3.56. The highest BCUT2D eigenvalue weighted by Crippen LogP contribution is 2.24. The van der Waals surface area contributed by atoms with Crippen LogP contribution in [0, 0.1) is 0 Å². The molecule has 0 radical (unpaired) electrons. The number of aromatic nitrogens is 2. The van der Waals surface area contributed by atoms with Crippen LogP contribution in [0.1, 0.15) is 51.9 Å². The first-order valence-corrected chi connectivity index (χ1v) is 7.15. The molecule has 3 nitrogen and oxygen atoms in total. The lowest BCUT2D eigenvalue weighted by molar-refractivity contribution is 0.621. The Morgan fingerprint density at radius 1 is 1.22 bits per heavy atom. The fourth-order valence-corrected chi connectivity index (χ4v) is 2.39. The van der Waals surface area contributed by atoms with Crippen molar-refractivity contribution < 1.29 is 0 Å². The van der Waals surface area contributed by atoms with Crippen molar-refractivity contribution >= 4 is 5.95 Å². The van der Waals surface area contributed by atoms with Gasteiger partial charge in [-0.2, -0.15) is 0 Å². The lowest BCUT2D eigenvalue weighted by Crippen LogP contribution is -2.29. The van der Waals surface area contributed by atoms with Crippen LogP contribution in [0.5, 0.6) is 0 Å². The van der Waals surface area contributed by atoms with Gasteiger partial charge >= 0.3 is 0 Å². The van der Waals surface area contributed by atoms with Gasteiger partial charge in [0.25, 0.3) is 0 Å². The van der Waals surface area contributed by atoms with E-state index in [0.717, 1.165) is 12.5 Å². The number of unbranched alkanes of at least 4 members (excludes halogenated alkanes) is 3. The monoisotopic (exact) mass is 245 g/mol. The largest absolute Gasteiger partial charge is 0.315 e. The van der Waals surface area contributed by atoms with Gasteiger partial charge in [0.2, 0.25) is 5.95 Å². The Balaban J connectivity index is 2.02. The fourth-order valence-electron chi connectivity index (χ4n) is 2.39. The van der Waals surface area contributed by atoms with Gasteiger partial charge in [-0.3, -0.25) is 0 Å². The topological polar surface area (TPSA) is 29.0 Å². The van der Waals surface area contributed by atoms with Crippen LogP contribution >= 0.6 is 0 Å². The molecule has 1 saturated heterocycles. The number of allylic oxidation sites excluding steroid dienone is 2. The summed E-state index contributed by atoms with van der Waals surface area (Å²) in [7, 11) is 0. The molecular weight excluding hydrogens is 222 g/mol. The average Bonchev–Trinajstić information content (AvgIpc) is 2.45.